The van der Waals surface area contributed by atoms with Crippen molar-refractivity contribution in [2.75, 3.05) is 26.3 Å². The third-order valence-electron chi connectivity index (χ3n) is 3.66. The summed E-state index contributed by atoms with van der Waals surface area (Å²) in [5.74, 6) is 6.41. The first kappa shape index (κ1) is 15.9. The molecule has 0 bridgehead atoms. The number of hydrogen-bond donors (Lipinski definition) is 1. The lowest BCUT2D eigenvalue weighted by molar-refractivity contribution is 0.199. The van der Waals surface area contributed by atoms with E-state index < -0.39 is 0 Å². The van der Waals surface area contributed by atoms with E-state index in [0.29, 0.717) is 0 Å². The van der Waals surface area contributed by atoms with E-state index in [9.17, 15) is 0 Å². The summed E-state index contributed by atoms with van der Waals surface area (Å²) in [5, 5.41) is 8.72. The van der Waals surface area contributed by atoms with Gasteiger partial charge in [-0.3, -0.25) is 4.90 Å². The van der Waals surface area contributed by atoms with Crippen molar-refractivity contribution in [3.05, 3.63) is 29.8 Å². The van der Waals surface area contributed by atoms with Gasteiger partial charge < -0.3 is 9.84 Å². The molecule has 1 aromatic rings. The molecule has 3 nitrogen and oxygen atoms in total. The molecule has 0 aliphatic heterocycles. The number of aliphatic hydroxyl groups excluding tert-OH is 1. The second-order valence-electron chi connectivity index (χ2n) is 5.46. The van der Waals surface area contributed by atoms with Gasteiger partial charge >= 0.3 is 0 Å². The molecule has 1 fully saturated rings. The highest BCUT2D eigenvalue weighted by Crippen LogP contribution is 2.26. The minimum atomic E-state index is -0.112. The van der Waals surface area contributed by atoms with E-state index in [-0.39, 0.29) is 6.61 Å². The molecule has 0 atom stereocenters. The van der Waals surface area contributed by atoms with Crippen LogP contribution in [0.2, 0.25) is 0 Å². The van der Waals surface area contributed by atoms with E-state index in [1.807, 2.05) is 24.3 Å². The molecule has 0 heterocycles. The molecule has 1 saturated carbocycles. The Morgan fingerprint density at radius 1 is 1.33 bits per heavy atom. The summed E-state index contributed by atoms with van der Waals surface area (Å²) in [6.45, 7) is 5.03. The van der Waals surface area contributed by atoms with E-state index in [0.717, 1.165) is 30.5 Å². The van der Waals surface area contributed by atoms with Crippen LogP contribution in [-0.2, 0) is 0 Å². The molecular weight excluding hydrogens is 262 g/mol. The molecule has 0 unspecified atom stereocenters. The first-order valence-corrected chi connectivity index (χ1v) is 7.90. The van der Waals surface area contributed by atoms with E-state index in [4.69, 9.17) is 9.84 Å². The predicted molar refractivity (Wildman–Crippen MR) is 85.4 cm³/mol. The largest absolute Gasteiger partial charge is 0.492 e. The van der Waals surface area contributed by atoms with Crippen LogP contribution in [0.3, 0.4) is 0 Å². The van der Waals surface area contributed by atoms with E-state index in [2.05, 4.69) is 23.7 Å². The van der Waals surface area contributed by atoms with E-state index in [1.165, 1.54) is 32.2 Å². The first-order valence-electron chi connectivity index (χ1n) is 7.90. The zero-order valence-electron chi connectivity index (χ0n) is 12.8. The molecule has 3 heteroatoms. The molecule has 0 amide bonds. The Balaban J connectivity index is 1.79. The lowest BCUT2D eigenvalue weighted by Gasteiger charge is -2.21. The first-order chi connectivity index (χ1) is 10.3. The zero-order valence-corrected chi connectivity index (χ0v) is 12.8. The molecule has 0 aromatic heterocycles. The molecule has 1 aliphatic rings. The molecule has 1 aliphatic carbocycles. The monoisotopic (exact) mass is 287 g/mol. The Labute approximate surface area is 127 Å². The lowest BCUT2D eigenvalue weighted by Crippen LogP contribution is -2.31. The molecule has 114 valence electrons. The van der Waals surface area contributed by atoms with E-state index in [1.54, 1.807) is 0 Å². The predicted octanol–water partition coefficient (Wildman–Crippen LogP) is 2.67. The second kappa shape index (κ2) is 8.71. The minimum Gasteiger partial charge on any atom is -0.492 e. The number of rotatable bonds is 8. The van der Waals surface area contributed by atoms with Gasteiger partial charge in [-0.15, -0.1) is 0 Å². The SMILES string of the molecule is CCCCN(CCOc1cccc(C#CCO)c1)C1CC1. The fraction of sp³-hybridized carbons (Fsp3) is 0.556. The summed E-state index contributed by atoms with van der Waals surface area (Å²) in [6, 6.07) is 8.54. The quantitative estimate of drug-likeness (QED) is 0.746. The summed E-state index contributed by atoms with van der Waals surface area (Å²) >= 11 is 0. The second-order valence-corrected chi connectivity index (χ2v) is 5.46. The van der Waals surface area contributed by atoms with Crippen LogP contribution in [0.15, 0.2) is 24.3 Å². The standard InChI is InChI=1S/C18H25NO2/c1-2-3-11-19(17-9-10-17)12-14-21-18-8-4-6-16(15-18)7-5-13-20/h4,6,8,15,17,20H,2-3,9-14H2,1H3. The number of hydrogen-bond acceptors (Lipinski definition) is 3. The van der Waals surface area contributed by atoms with Crippen molar-refractivity contribution in [1.82, 2.24) is 4.90 Å². The smallest absolute Gasteiger partial charge is 0.120 e. The Morgan fingerprint density at radius 3 is 2.90 bits per heavy atom. The van der Waals surface area contributed by atoms with Gasteiger partial charge in [0.15, 0.2) is 0 Å². The average molecular weight is 287 g/mol. The van der Waals surface area contributed by atoms with Gasteiger partial charge in [-0.1, -0.05) is 31.3 Å². The van der Waals surface area contributed by atoms with Gasteiger partial charge in [-0.2, -0.15) is 0 Å². The molecule has 0 spiro atoms. The molecule has 21 heavy (non-hydrogen) atoms. The topological polar surface area (TPSA) is 32.7 Å². The van der Waals surface area contributed by atoms with Crippen molar-refractivity contribution < 1.29 is 9.84 Å². The molecular formula is C18H25NO2. The lowest BCUT2D eigenvalue weighted by atomic mass is 10.2. The molecule has 2 rings (SSSR count). The fourth-order valence-electron chi connectivity index (χ4n) is 2.36. The number of benzene rings is 1. The van der Waals surface area contributed by atoms with Crippen LogP contribution in [0.4, 0.5) is 0 Å². The van der Waals surface area contributed by atoms with Crippen LogP contribution >= 0.6 is 0 Å². The third kappa shape index (κ3) is 5.79. The summed E-state index contributed by atoms with van der Waals surface area (Å²) in [5.41, 5.74) is 0.881. The van der Waals surface area contributed by atoms with Gasteiger partial charge in [0.25, 0.3) is 0 Å². The van der Waals surface area contributed by atoms with Gasteiger partial charge in [0.2, 0.25) is 0 Å². The van der Waals surface area contributed by atoms with Crippen molar-refractivity contribution >= 4 is 0 Å². The maximum absolute atomic E-state index is 8.72. The number of aliphatic hydroxyl groups is 1. The fourth-order valence-corrected chi connectivity index (χ4v) is 2.36. The van der Waals surface area contributed by atoms with Crippen molar-refractivity contribution in [2.24, 2.45) is 0 Å². The average Bonchev–Trinajstić information content (AvgIpc) is 3.34. The molecule has 0 saturated heterocycles. The minimum absolute atomic E-state index is 0.112. The maximum atomic E-state index is 8.72. The summed E-state index contributed by atoms with van der Waals surface area (Å²) in [6.07, 6.45) is 5.20. The highest BCUT2D eigenvalue weighted by Gasteiger charge is 2.27. The van der Waals surface area contributed by atoms with Gasteiger partial charge in [0.1, 0.15) is 19.0 Å². The Kier molecular flexibility index (Phi) is 6.59. The molecule has 1 aromatic carbocycles. The van der Waals surface area contributed by atoms with Crippen LogP contribution in [0, 0.1) is 11.8 Å². The van der Waals surface area contributed by atoms with Gasteiger partial charge in [-0.25, -0.2) is 0 Å². The molecule has 0 radical (unpaired) electrons. The summed E-state index contributed by atoms with van der Waals surface area (Å²) < 4.78 is 5.84. The molecule has 1 N–H and O–H groups in total. The van der Waals surface area contributed by atoms with E-state index >= 15 is 0 Å². The number of ether oxygens (including phenoxy) is 1. The number of unbranched alkanes of at least 4 members (excludes halogenated alkanes) is 1. The maximum Gasteiger partial charge on any atom is 0.120 e. The normalized spacial score (nSPS) is 13.9. The van der Waals surface area contributed by atoms with Gasteiger partial charge in [0.05, 0.1) is 0 Å². The van der Waals surface area contributed by atoms with Crippen LogP contribution in [0.5, 0.6) is 5.75 Å². The third-order valence-corrected chi connectivity index (χ3v) is 3.66. The van der Waals surface area contributed by atoms with Crippen LogP contribution in [0.1, 0.15) is 38.2 Å². The van der Waals surface area contributed by atoms with Crippen LogP contribution < -0.4 is 4.74 Å². The van der Waals surface area contributed by atoms with Crippen molar-refractivity contribution in [2.45, 2.75) is 38.6 Å². The Morgan fingerprint density at radius 2 is 2.19 bits per heavy atom. The highest BCUT2D eigenvalue weighted by molar-refractivity contribution is 5.39. The van der Waals surface area contributed by atoms with Gasteiger partial charge in [-0.05, 0) is 44.0 Å². The Bertz CT molecular complexity index is 485. The van der Waals surface area contributed by atoms with Crippen LogP contribution in [0.25, 0.3) is 0 Å². The Hall–Kier alpha value is -1.50. The number of nitrogens with zero attached hydrogens (tertiary/aromatic N) is 1. The summed E-state index contributed by atoms with van der Waals surface area (Å²) in [4.78, 5) is 2.55. The highest BCUT2D eigenvalue weighted by atomic mass is 16.5. The van der Waals surface area contributed by atoms with Gasteiger partial charge in [0, 0.05) is 18.2 Å². The summed E-state index contributed by atoms with van der Waals surface area (Å²) in [7, 11) is 0. The van der Waals surface area contributed by atoms with Crippen molar-refractivity contribution in [3.8, 4) is 17.6 Å². The van der Waals surface area contributed by atoms with Crippen molar-refractivity contribution in [1.29, 1.82) is 0 Å². The van der Waals surface area contributed by atoms with Crippen LogP contribution in [-0.4, -0.2) is 42.4 Å². The van der Waals surface area contributed by atoms with Crippen molar-refractivity contribution in [3.63, 3.8) is 0 Å². The zero-order chi connectivity index (χ0) is 14.9.